The van der Waals surface area contributed by atoms with Crippen molar-refractivity contribution in [2.24, 2.45) is 0 Å². The predicted octanol–water partition coefficient (Wildman–Crippen LogP) is 1.27. The van der Waals surface area contributed by atoms with Gasteiger partial charge in [0.05, 0.1) is 6.61 Å². The van der Waals surface area contributed by atoms with E-state index in [1.54, 1.807) is 18.2 Å². The molecular weight excluding hydrogens is 340 g/mol. The molecule has 8 nitrogen and oxygen atoms in total. The number of carbonyl (C=O) groups is 2. The molecule has 8 heteroatoms. The summed E-state index contributed by atoms with van der Waals surface area (Å²) in [6.45, 7) is 0.501. The van der Waals surface area contributed by atoms with Crippen molar-refractivity contribution in [3.8, 4) is 17.2 Å². The van der Waals surface area contributed by atoms with E-state index in [0.29, 0.717) is 23.7 Å². The van der Waals surface area contributed by atoms with Crippen molar-refractivity contribution in [1.82, 2.24) is 10.9 Å². The Hall–Kier alpha value is -3.26. The molecule has 0 saturated heterocycles. The van der Waals surface area contributed by atoms with Crippen LogP contribution in [0.15, 0.2) is 48.5 Å². The van der Waals surface area contributed by atoms with E-state index in [0.717, 1.165) is 5.75 Å². The Bertz CT molecular complexity index is 766. The van der Waals surface area contributed by atoms with Crippen molar-refractivity contribution < 1.29 is 28.5 Å². The fourth-order valence-electron chi connectivity index (χ4n) is 2.17. The van der Waals surface area contributed by atoms with E-state index in [2.05, 4.69) is 10.9 Å². The maximum Gasteiger partial charge on any atom is 0.269 e. The van der Waals surface area contributed by atoms with E-state index in [9.17, 15) is 9.59 Å². The molecule has 3 rings (SSSR count). The molecular formula is C18H18N2O6. The lowest BCUT2D eigenvalue weighted by atomic mass is 10.2. The van der Waals surface area contributed by atoms with Gasteiger partial charge in [-0.15, -0.1) is 0 Å². The van der Waals surface area contributed by atoms with E-state index >= 15 is 0 Å². The Kier molecular flexibility index (Phi) is 5.89. The van der Waals surface area contributed by atoms with Crippen molar-refractivity contribution in [3.05, 3.63) is 54.1 Å². The molecule has 2 amide bonds. The molecule has 0 spiro atoms. The van der Waals surface area contributed by atoms with Gasteiger partial charge in [0.25, 0.3) is 11.8 Å². The first-order chi connectivity index (χ1) is 12.7. The first-order valence-corrected chi connectivity index (χ1v) is 7.97. The van der Waals surface area contributed by atoms with Crippen LogP contribution in [0.2, 0.25) is 0 Å². The highest BCUT2D eigenvalue weighted by molar-refractivity contribution is 5.96. The normalized spacial score (nSPS) is 11.7. The molecule has 0 aliphatic carbocycles. The standard InChI is InChI=1S/C18H18N2O6/c21-17(11-23-8-9-24-14-4-2-1-3-5-14)19-20-18(22)13-6-7-15-16(10-13)26-12-25-15/h1-7,10H,8-9,11-12H2,(H,19,21)(H,20,22). The van der Waals surface area contributed by atoms with Crippen molar-refractivity contribution in [3.63, 3.8) is 0 Å². The van der Waals surface area contributed by atoms with Crippen LogP contribution in [0.25, 0.3) is 0 Å². The van der Waals surface area contributed by atoms with Gasteiger partial charge in [-0.05, 0) is 30.3 Å². The minimum absolute atomic E-state index is 0.127. The summed E-state index contributed by atoms with van der Waals surface area (Å²) in [5.74, 6) is 0.863. The van der Waals surface area contributed by atoms with E-state index in [4.69, 9.17) is 18.9 Å². The van der Waals surface area contributed by atoms with Crippen LogP contribution in [-0.4, -0.2) is 38.4 Å². The smallest absolute Gasteiger partial charge is 0.269 e. The average molecular weight is 358 g/mol. The number of hydrogen-bond donors (Lipinski definition) is 2. The number of para-hydroxylation sites is 1. The van der Waals surface area contributed by atoms with Crippen molar-refractivity contribution in [1.29, 1.82) is 0 Å². The number of ether oxygens (including phenoxy) is 4. The number of hydrogen-bond acceptors (Lipinski definition) is 6. The number of amides is 2. The van der Waals surface area contributed by atoms with Crippen LogP contribution in [-0.2, 0) is 9.53 Å². The summed E-state index contributed by atoms with van der Waals surface area (Å²) in [6, 6.07) is 14.0. The molecule has 0 saturated carbocycles. The summed E-state index contributed by atoms with van der Waals surface area (Å²) in [6.07, 6.45) is 0. The summed E-state index contributed by atoms with van der Waals surface area (Å²) < 4.78 is 21.0. The van der Waals surface area contributed by atoms with Crippen LogP contribution in [0.4, 0.5) is 0 Å². The highest BCUT2D eigenvalue weighted by Crippen LogP contribution is 2.32. The van der Waals surface area contributed by atoms with Crippen molar-refractivity contribution >= 4 is 11.8 Å². The van der Waals surface area contributed by atoms with Gasteiger partial charge in [-0.25, -0.2) is 0 Å². The lowest BCUT2D eigenvalue weighted by Gasteiger charge is -2.09. The number of benzene rings is 2. The summed E-state index contributed by atoms with van der Waals surface area (Å²) in [5, 5.41) is 0. The van der Waals surface area contributed by atoms with Gasteiger partial charge in [-0.1, -0.05) is 18.2 Å². The zero-order chi connectivity index (χ0) is 18.2. The minimum atomic E-state index is -0.473. The second kappa shape index (κ2) is 8.72. The topological polar surface area (TPSA) is 95.1 Å². The molecule has 26 heavy (non-hydrogen) atoms. The first-order valence-electron chi connectivity index (χ1n) is 7.97. The van der Waals surface area contributed by atoms with E-state index in [1.807, 2.05) is 30.3 Å². The predicted molar refractivity (Wildman–Crippen MR) is 90.9 cm³/mol. The van der Waals surface area contributed by atoms with Crippen LogP contribution in [0.1, 0.15) is 10.4 Å². The van der Waals surface area contributed by atoms with Crippen LogP contribution in [0.5, 0.6) is 17.2 Å². The molecule has 2 aromatic carbocycles. The highest BCUT2D eigenvalue weighted by atomic mass is 16.7. The third-order valence-electron chi connectivity index (χ3n) is 3.42. The molecule has 0 unspecified atom stereocenters. The number of fused-ring (bicyclic) bond motifs is 1. The fraction of sp³-hybridized carbons (Fsp3) is 0.222. The molecule has 1 heterocycles. The molecule has 2 N–H and O–H groups in total. The lowest BCUT2D eigenvalue weighted by Crippen LogP contribution is -2.43. The zero-order valence-corrected chi connectivity index (χ0v) is 13.9. The van der Waals surface area contributed by atoms with Gasteiger partial charge < -0.3 is 18.9 Å². The number of carbonyl (C=O) groups excluding carboxylic acids is 2. The van der Waals surface area contributed by atoms with Crippen LogP contribution >= 0.6 is 0 Å². The second-order valence-electron chi connectivity index (χ2n) is 5.28. The first kappa shape index (κ1) is 17.6. The van der Waals surface area contributed by atoms with Gasteiger partial charge in [0.2, 0.25) is 6.79 Å². The van der Waals surface area contributed by atoms with E-state index in [-0.39, 0.29) is 20.0 Å². The zero-order valence-electron chi connectivity index (χ0n) is 13.9. The third kappa shape index (κ3) is 4.87. The molecule has 2 aromatic rings. The van der Waals surface area contributed by atoms with Crippen LogP contribution in [0.3, 0.4) is 0 Å². The quantitative estimate of drug-likeness (QED) is 0.572. The third-order valence-corrected chi connectivity index (χ3v) is 3.42. The van der Waals surface area contributed by atoms with Gasteiger partial charge >= 0.3 is 0 Å². The Morgan fingerprint density at radius 1 is 0.962 bits per heavy atom. The number of nitrogens with one attached hydrogen (secondary N) is 2. The van der Waals surface area contributed by atoms with Gasteiger partial charge in [0.15, 0.2) is 11.5 Å². The van der Waals surface area contributed by atoms with E-state index < -0.39 is 11.8 Å². The molecule has 0 radical (unpaired) electrons. The summed E-state index contributed by atoms with van der Waals surface area (Å²) in [5.41, 5.74) is 4.93. The molecule has 0 atom stereocenters. The second-order valence-corrected chi connectivity index (χ2v) is 5.28. The SMILES string of the molecule is O=C(COCCOc1ccccc1)NNC(=O)c1ccc2c(c1)OCO2. The van der Waals surface area contributed by atoms with Crippen LogP contribution < -0.4 is 25.1 Å². The molecule has 1 aliphatic rings. The molecule has 1 aliphatic heterocycles. The highest BCUT2D eigenvalue weighted by Gasteiger charge is 2.16. The molecule has 0 bridgehead atoms. The van der Waals surface area contributed by atoms with Gasteiger partial charge in [-0.2, -0.15) is 0 Å². The summed E-state index contributed by atoms with van der Waals surface area (Å²) in [7, 11) is 0. The van der Waals surface area contributed by atoms with Gasteiger partial charge in [0, 0.05) is 5.56 Å². The number of rotatable bonds is 7. The average Bonchev–Trinajstić information content (AvgIpc) is 3.14. The van der Waals surface area contributed by atoms with Gasteiger partial charge in [0.1, 0.15) is 19.0 Å². The van der Waals surface area contributed by atoms with Crippen molar-refractivity contribution in [2.45, 2.75) is 0 Å². The molecule has 0 aromatic heterocycles. The van der Waals surface area contributed by atoms with E-state index in [1.165, 1.54) is 0 Å². The maximum absolute atomic E-state index is 12.0. The maximum atomic E-state index is 12.0. The largest absolute Gasteiger partial charge is 0.491 e. The number of hydrazine groups is 1. The molecule has 136 valence electrons. The Morgan fingerprint density at radius 2 is 1.77 bits per heavy atom. The monoisotopic (exact) mass is 358 g/mol. The fourth-order valence-corrected chi connectivity index (χ4v) is 2.17. The molecule has 0 fully saturated rings. The van der Waals surface area contributed by atoms with Crippen LogP contribution in [0, 0.1) is 0 Å². The van der Waals surface area contributed by atoms with Gasteiger partial charge in [-0.3, -0.25) is 20.4 Å². The summed E-state index contributed by atoms with van der Waals surface area (Å²) >= 11 is 0. The Balaban J connectivity index is 1.32. The minimum Gasteiger partial charge on any atom is -0.491 e. The lowest BCUT2D eigenvalue weighted by molar-refractivity contribution is -0.126. The Labute approximate surface area is 150 Å². The summed E-state index contributed by atoms with van der Waals surface area (Å²) in [4.78, 5) is 23.7. The Morgan fingerprint density at radius 3 is 2.62 bits per heavy atom. The van der Waals surface area contributed by atoms with Crippen molar-refractivity contribution in [2.75, 3.05) is 26.6 Å².